The maximum absolute atomic E-state index is 11.8. The van der Waals surface area contributed by atoms with Crippen LogP contribution in [0.4, 0.5) is 11.5 Å². The third kappa shape index (κ3) is 6.35. The molecule has 2 aliphatic heterocycles. The van der Waals surface area contributed by atoms with Crippen LogP contribution < -0.4 is 5.32 Å². The first kappa shape index (κ1) is 33.8. The topological polar surface area (TPSA) is 131 Å². The Morgan fingerprint density at radius 2 is 1.87 bits per heavy atom. The summed E-state index contributed by atoms with van der Waals surface area (Å²) in [4.78, 5) is 30.9. The summed E-state index contributed by atoms with van der Waals surface area (Å²) in [5.74, 6) is 0.320. The van der Waals surface area contributed by atoms with Gasteiger partial charge in [-0.15, -0.1) is 0 Å². The van der Waals surface area contributed by atoms with E-state index in [9.17, 15) is 15.2 Å². The zero-order chi connectivity index (χ0) is 36.0. The number of carboxylic acids is 1. The molecule has 10 nitrogen and oxygen atoms in total. The zero-order valence-corrected chi connectivity index (χ0v) is 29.9. The quantitative estimate of drug-likeness (QED) is 0.156. The monoisotopic (exact) mass is 693 g/mol. The largest absolute Gasteiger partial charge is 0.481 e. The lowest BCUT2D eigenvalue weighted by atomic mass is 9.68. The van der Waals surface area contributed by atoms with E-state index >= 15 is 0 Å². The van der Waals surface area contributed by atoms with Crippen molar-refractivity contribution in [1.29, 1.82) is 5.26 Å². The number of anilines is 2. The fourth-order valence-corrected chi connectivity index (χ4v) is 8.17. The molecule has 0 bridgehead atoms. The molecule has 5 heterocycles. The molecule has 1 aliphatic carbocycles. The molecule has 5 aromatic rings. The summed E-state index contributed by atoms with van der Waals surface area (Å²) in [6, 6.07) is 18.7. The highest BCUT2D eigenvalue weighted by molar-refractivity contribution is 5.90. The Hall–Kier alpha value is -5.37. The average Bonchev–Trinajstić information content (AvgIpc) is 3.89. The number of nitriles is 1. The molecule has 2 aromatic carbocycles. The Labute approximate surface area is 303 Å². The van der Waals surface area contributed by atoms with Crippen molar-refractivity contribution in [1.82, 2.24) is 24.8 Å². The number of pyridine rings is 2. The highest BCUT2D eigenvalue weighted by Gasteiger charge is 2.41. The SMILES string of the molecule is CC1(C)C(c2cccc(Nc3nccc4cc(CN5CCCC5)cnc34)c2)=CC=CC1c1nc2cc(CN3CC[C@@](C)(C(=O)O)C3)cc(C#N)c2o1. The van der Waals surface area contributed by atoms with Crippen LogP contribution in [-0.2, 0) is 17.9 Å². The van der Waals surface area contributed by atoms with E-state index in [2.05, 4.69) is 76.4 Å². The predicted octanol–water partition coefficient (Wildman–Crippen LogP) is 8.04. The van der Waals surface area contributed by atoms with Crippen LogP contribution in [0.3, 0.4) is 0 Å². The molecular formula is C42H43N7O3. The number of allylic oxidation sites excluding steroid dienone is 4. The molecule has 0 saturated carbocycles. The van der Waals surface area contributed by atoms with Crippen LogP contribution in [0.2, 0.25) is 0 Å². The highest BCUT2D eigenvalue weighted by Crippen LogP contribution is 2.49. The second-order valence-corrected chi connectivity index (χ2v) is 15.4. The number of hydrogen-bond donors (Lipinski definition) is 2. The average molecular weight is 694 g/mol. The van der Waals surface area contributed by atoms with Crippen molar-refractivity contribution in [2.75, 3.05) is 31.5 Å². The van der Waals surface area contributed by atoms with Crippen LogP contribution in [0, 0.1) is 22.2 Å². The Kier molecular flexibility index (Phi) is 8.64. The van der Waals surface area contributed by atoms with Crippen molar-refractivity contribution in [2.24, 2.45) is 10.8 Å². The van der Waals surface area contributed by atoms with Crippen molar-refractivity contribution in [2.45, 2.75) is 59.0 Å². The number of oxazole rings is 1. The number of carboxylic acid groups (broad SMARTS) is 1. The maximum atomic E-state index is 11.8. The molecule has 264 valence electrons. The Morgan fingerprint density at radius 3 is 2.65 bits per heavy atom. The van der Waals surface area contributed by atoms with Crippen LogP contribution in [0.25, 0.3) is 27.6 Å². The summed E-state index contributed by atoms with van der Waals surface area (Å²) in [6.45, 7) is 11.1. The van der Waals surface area contributed by atoms with E-state index in [1.54, 1.807) is 6.92 Å². The lowest BCUT2D eigenvalue weighted by Crippen LogP contribution is -2.31. The number of benzene rings is 2. The van der Waals surface area contributed by atoms with E-state index in [0.29, 0.717) is 48.6 Å². The van der Waals surface area contributed by atoms with Crippen molar-refractivity contribution in [3.63, 3.8) is 0 Å². The van der Waals surface area contributed by atoms with Crippen LogP contribution in [0.5, 0.6) is 0 Å². The summed E-state index contributed by atoms with van der Waals surface area (Å²) < 4.78 is 6.39. The standard InChI is InChI=1S/C42H43N7O3/c1-41(2)33(29-8-6-9-32(21-29)46-38-36-30(12-14-44-38)19-28(23-45-36)25-48-15-4-5-16-48)10-7-11-34(41)39-47-35-20-27(18-31(22-43)37(35)52-39)24-49-17-13-42(3,26-49)40(50)51/h6-12,14,18-21,23,34H,4-5,13,15-17,24-26H2,1-3H3,(H,44,46)(H,50,51)/t34?,42-/m1/s1. The number of likely N-dealkylation sites (tertiary alicyclic amines) is 2. The van der Waals surface area contributed by atoms with Crippen LogP contribution in [-0.4, -0.2) is 62.0 Å². The summed E-state index contributed by atoms with van der Waals surface area (Å²) in [5.41, 5.74) is 6.48. The van der Waals surface area contributed by atoms with Crippen LogP contribution in [0.1, 0.15) is 74.1 Å². The van der Waals surface area contributed by atoms with Crippen molar-refractivity contribution >= 4 is 45.1 Å². The predicted molar refractivity (Wildman–Crippen MR) is 202 cm³/mol. The minimum Gasteiger partial charge on any atom is -0.481 e. The van der Waals surface area contributed by atoms with Gasteiger partial charge in [0.05, 0.1) is 16.9 Å². The lowest BCUT2D eigenvalue weighted by molar-refractivity contribution is -0.147. The van der Waals surface area contributed by atoms with Gasteiger partial charge in [-0.25, -0.2) is 9.97 Å². The second kappa shape index (κ2) is 13.3. The van der Waals surface area contributed by atoms with Crippen molar-refractivity contribution < 1.29 is 14.3 Å². The van der Waals surface area contributed by atoms with E-state index in [0.717, 1.165) is 58.7 Å². The maximum Gasteiger partial charge on any atom is 0.310 e. The van der Waals surface area contributed by atoms with Crippen molar-refractivity contribution in [3.8, 4) is 6.07 Å². The van der Waals surface area contributed by atoms with E-state index in [1.165, 1.54) is 18.4 Å². The normalized spacial score (nSPS) is 21.8. The number of carbonyl (C=O) groups is 1. The van der Waals surface area contributed by atoms with E-state index < -0.39 is 16.8 Å². The summed E-state index contributed by atoms with van der Waals surface area (Å²) in [7, 11) is 0. The van der Waals surface area contributed by atoms with Crippen LogP contribution in [0.15, 0.2) is 83.6 Å². The van der Waals surface area contributed by atoms with Gasteiger partial charge in [-0.1, -0.05) is 44.2 Å². The number of nitrogens with one attached hydrogen (secondary N) is 1. The fraction of sp³-hybridized carbons (Fsp3) is 0.357. The molecule has 8 rings (SSSR count). The third-order valence-corrected chi connectivity index (χ3v) is 11.2. The first-order valence-electron chi connectivity index (χ1n) is 18.1. The first-order valence-corrected chi connectivity index (χ1v) is 18.1. The number of nitrogens with zero attached hydrogens (tertiary/aromatic N) is 6. The minimum atomic E-state index is -0.774. The number of aliphatic carboxylic acids is 1. The van der Waals surface area contributed by atoms with Gasteiger partial charge in [-0.2, -0.15) is 5.26 Å². The summed E-state index contributed by atoms with van der Waals surface area (Å²) in [6.07, 6.45) is 13.3. The Bertz CT molecular complexity index is 2290. The molecular weight excluding hydrogens is 651 g/mol. The van der Waals surface area contributed by atoms with Gasteiger partial charge in [0, 0.05) is 48.5 Å². The van der Waals surface area contributed by atoms with Gasteiger partial charge < -0.3 is 14.8 Å². The molecule has 10 heteroatoms. The smallest absolute Gasteiger partial charge is 0.310 e. The second-order valence-electron chi connectivity index (χ2n) is 15.4. The lowest BCUT2D eigenvalue weighted by Gasteiger charge is -2.35. The molecule has 3 aliphatic rings. The number of aromatic nitrogens is 3. The molecule has 2 fully saturated rings. The van der Waals surface area contributed by atoms with E-state index in [1.807, 2.05) is 42.7 Å². The van der Waals surface area contributed by atoms with Crippen molar-refractivity contribution in [3.05, 3.63) is 107 Å². The Morgan fingerprint density at radius 1 is 1.04 bits per heavy atom. The molecule has 3 aromatic heterocycles. The molecule has 0 amide bonds. The zero-order valence-electron chi connectivity index (χ0n) is 29.9. The van der Waals surface area contributed by atoms with Gasteiger partial charge >= 0.3 is 5.97 Å². The van der Waals surface area contributed by atoms with Gasteiger partial charge in [0.25, 0.3) is 0 Å². The molecule has 2 saturated heterocycles. The first-order chi connectivity index (χ1) is 25.1. The molecule has 2 atom stereocenters. The van der Waals surface area contributed by atoms with Gasteiger partial charge in [0.15, 0.2) is 11.4 Å². The minimum absolute atomic E-state index is 0.181. The van der Waals surface area contributed by atoms with Crippen LogP contribution >= 0.6 is 0 Å². The van der Waals surface area contributed by atoms with Gasteiger partial charge in [-0.3, -0.25) is 19.6 Å². The molecule has 0 radical (unpaired) electrons. The molecule has 2 N–H and O–H groups in total. The number of hydrogen-bond acceptors (Lipinski definition) is 9. The summed E-state index contributed by atoms with van der Waals surface area (Å²) >= 11 is 0. The van der Waals surface area contributed by atoms with Gasteiger partial charge in [0.1, 0.15) is 17.1 Å². The van der Waals surface area contributed by atoms with E-state index in [4.69, 9.17) is 14.4 Å². The molecule has 52 heavy (non-hydrogen) atoms. The van der Waals surface area contributed by atoms with Gasteiger partial charge in [-0.05, 0) is 104 Å². The number of rotatable bonds is 9. The third-order valence-electron chi connectivity index (χ3n) is 11.2. The molecule has 1 unspecified atom stereocenters. The number of fused-ring (bicyclic) bond motifs is 2. The highest BCUT2D eigenvalue weighted by atomic mass is 16.4. The van der Waals surface area contributed by atoms with E-state index in [-0.39, 0.29) is 5.92 Å². The Balaban J connectivity index is 1.03. The molecule has 0 spiro atoms. The summed E-state index contributed by atoms with van der Waals surface area (Å²) in [5, 5.41) is 24.4. The fourth-order valence-electron chi connectivity index (χ4n) is 8.17. The van der Waals surface area contributed by atoms with Gasteiger partial charge in [0.2, 0.25) is 5.89 Å².